The zero-order chi connectivity index (χ0) is 21.7. The molecule has 1 fully saturated rings. The maximum Gasteiger partial charge on any atom is 0.261 e. The molecule has 1 saturated heterocycles. The molecule has 8 heteroatoms. The van der Waals surface area contributed by atoms with E-state index in [1.165, 1.54) is 25.0 Å². The number of pyridine rings is 1. The van der Waals surface area contributed by atoms with Gasteiger partial charge >= 0.3 is 0 Å². The average Bonchev–Trinajstić information content (AvgIpc) is 3.34. The SMILES string of the molecule is O=C(NCc1ccc(N2CCCC2)nc1)c1ccc(NS(=O)(=O)c2ccccc2)cc1. The molecule has 0 spiro atoms. The van der Waals surface area contributed by atoms with Crippen molar-refractivity contribution in [1.82, 2.24) is 10.3 Å². The molecule has 0 unspecified atom stereocenters. The predicted octanol–water partition coefficient (Wildman–Crippen LogP) is 3.41. The van der Waals surface area contributed by atoms with Gasteiger partial charge < -0.3 is 10.2 Å². The highest BCUT2D eigenvalue weighted by atomic mass is 32.2. The molecule has 31 heavy (non-hydrogen) atoms. The topological polar surface area (TPSA) is 91.4 Å². The van der Waals surface area contributed by atoms with Crippen molar-refractivity contribution in [2.45, 2.75) is 24.3 Å². The minimum absolute atomic E-state index is 0.182. The Labute approximate surface area is 182 Å². The van der Waals surface area contributed by atoms with Gasteiger partial charge in [0, 0.05) is 37.1 Å². The summed E-state index contributed by atoms with van der Waals surface area (Å²) in [7, 11) is -3.66. The second-order valence-corrected chi connectivity index (χ2v) is 9.08. The first kappa shape index (κ1) is 20.9. The lowest BCUT2D eigenvalue weighted by Gasteiger charge is -2.16. The van der Waals surface area contributed by atoms with Crippen molar-refractivity contribution in [3.8, 4) is 0 Å². The number of sulfonamides is 1. The molecule has 3 aromatic rings. The van der Waals surface area contributed by atoms with Crippen molar-refractivity contribution in [2.24, 2.45) is 0 Å². The number of nitrogens with zero attached hydrogens (tertiary/aromatic N) is 2. The van der Waals surface area contributed by atoms with Crippen LogP contribution >= 0.6 is 0 Å². The van der Waals surface area contributed by atoms with E-state index < -0.39 is 10.0 Å². The molecule has 1 aromatic heterocycles. The standard InChI is InChI=1S/C23H24N4O3S/c28-23(25-17-18-8-13-22(24-16-18)27-14-4-5-15-27)19-9-11-20(12-10-19)26-31(29,30)21-6-2-1-3-7-21/h1-3,6-13,16,26H,4-5,14-15,17H2,(H,25,28). The number of carbonyl (C=O) groups is 1. The number of hydrogen-bond acceptors (Lipinski definition) is 5. The smallest absolute Gasteiger partial charge is 0.261 e. The second kappa shape index (κ2) is 9.18. The highest BCUT2D eigenvalue weighted by Gasteiger charge is 2.15. The Morgan fingerprint density at radius 2 is 1.65 bits per heavy atom. The van der Waals surface area contributed by atoms with Crippen molar-refractivity contribution < 1.29 is 13.2 Å². The van der Waals surface area contributed by atoms with E-state index in [1.807, 2.05) is 12.1 Å². The quantitative estimate of drug-likeness (QED) is 0.592. The third-order valence-electron chi connectivity index (χ3n) is 5.15. The molecule has 1 aliphatic rings. The van der Waals surface area contributed by atoms with Gasteiger partial charge in [-0.15, -0.1) is 0 Å². The maximum atomic E-state index is 12.4. The third-order valence-corrected chi connectivity index (χ3v) is 6.54. The summed E-state index contributed by atoms with van der Waals surface area (Å²) in [6.07, 6.45) is 4.19. The number of hydrogen-bond donors (Lipinski definition) is 2. The van der Waals surface area contributed by atoms with E-state index in [4.69, 9.17) is 0 Å². The molecule has 7 nitrogen and oxygen atoms in total. The molecule has 4 rings (SSSR count). The Balaban J connectivity index is 1.33. The molecular formula is C23H24N4O3S. The molecule has 0 atom stereocenters. The van der Waals surface area contributed by atoms with Gasteiger partial charge in [-0.1, -0.05) is 24.3 Å². The first-order chi connectivity index (χ1) is 15.0. The first-order valence-corrected chi connectivity index (χ1v) is 11.7. The highest BCUT2D eigenvalue weighted by molar-refractivity contribution is 7.92. The van der Waals surface area contributed by atoms with E-state index in [0.717, 1.165) is 24.5 Å². The van der Waals surface area contributed by atoms with E-state index in [1.54, 1.807) is 48.7 Å². The van der Waals surface area contributed by atoms with E-state index in [9.17, 15) is 13.2 Å². The first-order valence-electron chi connectivity index (χ1n) is 10.2. The van der Waals surface area contributed by atoms with Crippen LogP contribution in [-0.4, -0.2) is 32.4 Å². The van der Waals surface area contributed by atoms with E-state index in [0.29, 0.717) is 17.8 Å². The lowest BCUT2D eigenvalue weighted by molar-refractivity contribution is 0.0951. The van der Waals surface area contributed by atoms with Gasteiger partial charge in [0.25, 0.3) is 15.9 Å². The summed E-state index contributed by atoms with van der Waals surface area (Å²) in [4.78, 5) is 19.4. The van der Waals surface area contributed by atoms with Crippen LogP contribution in [0.5, 0.6) is 0 Å². The third kappa shape index (κ3) is 5.21. The zero-order valence-electron chi connectivity index (χ0n) is 17.0. The van der Waals surface area contributed by atoms with Gasteiger partial charge in [0.05, 0.1) is 4.90 Å². The van der Waals surface area contributed by atoms with Crippen LogP contribution in [0.4, 0.5) is 11.5 Å². The zero-order valence-corrected chi connectivity index (χ0v) is 17.8. The minimum Gasteiger partial charge on any atom is -0.357 e. The summed E-state index contributed by atoms with van der Waals surface area (Å²) in [6, 6.07) is 18.4. The predicted molar refractivity (Wildman–Crippen MR) is 121 cm³/mol. The highest BCUT2D eigenvalue weighted by Crippen LogP contribution is 2.18. The minimum atomic E-state index is -3.66. The number of anilines is 2. The lowest BCUT2D eigenvalue weighted by atomic mass is 10.2. The summed E-state index contributed by atoms with van der Waals surface area (Å²) in [5, 5.41) is 2.87. The van der Waals surface area contributed by atoms with Crippen LogP contribution in [0.1, 0.15) is 28.8 Å². The molecule has 1 aliphatic heterocycles. The Hall–Kier alpha value is -3.39. The number of amides is 1. The van der Waals surface area contributed by atoms with Crippen molar-refractivity contribution in [3.05, 3.63) is 84.1 Å². The maximum absolute atomic E-state index is 12.4. The lowest BCUT2D eigenvalue weighted by Crippen LogP contribution is -2.23. The number of carbonyl (C=O) groups excluding carboxylic acids is 1. The second-order valence-electron chi connectivity index (χ2n) is 7.40. The van der Waals surface area contributed by atoms with Gasteiger partial charge in [0.15, 0.2) is 0 Å². The van der Waals surface area contributed by atoms with E-state index in [2.05, 4.69) is 19.9 Å². The van der Waals surface area contributed by atoms with Crippen molar-refractivity contribution in [1.29, 1.82) is 0 Å². The van der Waals surface area contributed by atoms with Gasteiger partial charge in [0.2, 0.25) is 0 Å². The molecule has 0 radical (unpaired) electrons. The van der Waals surface area contributed by atoms with Gasteiger partial charge in [-0.3, -0.25) is 9.52 Å². The number of rotatable bonds is 7. The molecule has 2 N–H and O–H groups in total. The Morgan fingerprint density at radius 3 is 2.29 bits per heavy atom. The van der Waals surface area contributed by atoms with E-state index >= 15 is 0 Å². The van der Waals surface area contributed by atoms with Gasteiger partial charge in [-0.05, 0) is 60.9 Å². The van der Waals surface area contributed by atoms with Gasteiger partial charge in [0.1, 0.15) is 5.82 Å². The fraction of sp³-hybridized carbons (Fsp3) is 0.217. The normalized spacial score (nSPS) is 13.7. The number of benzene rings is 2. The van der Waals surface area contributed by atoms with Crippen LogP contribution in [0.2, 0.25) is 0 Å². The summed E-state index contributed by atoms with van der Waals surface area (Å²) >= 11 is 0. The van der Waals surface area contributed by atoms with E-state index in [-0.39, 0.29) is 10.8 Å². The number of aromatic nitrogens is 1. The number of nitrogens with one attached hydrogen (secondary N) is 2. The summed E-state index contributed by atoms with van der Waals surface area (Å²) in [6.45, 7) is 2.45. The molecule has 0 bridgehead atoms. The largest absolute Gasteiger partial charge is 0.357 e. The van der Waals surface area contributed by atoms with Crippen molar-refractivity contribution >= 4 is 27.4 Å². The Bertz CT molecular complexity index is 1130. The average molecular weight is 437 g/mol. The molecule has 2 heterocycles. The molecule has 1 amide bonds. The summed E-state index contributed by atoms with van der Waals surface area (Å²) < 4.78 is 27.3. The molecule has 0 saturated carbocycles. The van der Waals surface area contributed by atoms with Gasteiger partial charge in [-0.2, -0.15) is 0 Å². The van der Waals surface area contributed by atoms with Crippen molar-refractivity contribution in [3.63, 3.8) is 0 Å². The van der Waals surface area contributed by atoms with Crippen LogP contribution in [0.3, 0.4) is 0 Å². The fourth-order valence-corrected chi connectivity index (χ4v) is 4.52. The van der Waals surface area contributed by atoms with Crippen LogP contribution < -0.4 is 14.9 Å². The molecule has 0 aliphatic carbocycles. The van der Waals surface area contributed by atoms with Crippen LogP contribution in [0, 0.1) is 0 Å². The summed E-state index contributed by atoms with van der Waals surface area (Å²) in [5.74, 6) is 0.738. The molecular weight excluding hydrogens is 412 g/mol. The molecule has 2 aromatic carbocycles. The Morgan fingerprint density at radius 1 is 0.935 bits per heavy atom. The van der Waals surface area contributed by atoms with Crippen molar-refractivity contribution in [2.75, 3.05) is 22.7 Å². The fourth-order valence-electron chi connectivity index (χ4n) is 3.44. The summed E-state index contributed by atoms with van der Waals surface area (Å²) in [5.41, 5.74) is 1.76. The van der Waals surface area contributed by atoms with Crippen LogP contribution in [0.15, 0.2) is 77.8 Å². The Kier molecular flexibility index (Phi) is 6.18. The van der Waals surface area contributed by atoms with Gasteiger partial charge in [-0.25, -0.2) is 13.4 Å². The van der Waals surface area contributed by atoms with Crippen LogP contribution in [-0.2, 0) is 16.6 Å². The van der Waals surface area contributed by atoms with Crippen LogP contribution in [0.25, 0.3) is 0 Å². The monoisotopic (exact) mass is 436 g/mol. The molecule has 160 valence electrons.